The highest BCUT2D eigenvalue weighted by atomic mass is 19.1. The van der Waals surface area contributed by atoms with Crippen LogP contribution in [0.4, 0.5) is 13.2 Å². The number of hydrogen-bond acceptors (Lipinski definition) is 1. The molecule has 0 bridgehead atoms. The second-order valence-corrected chi connectivity index (χ2v) is 10.2. The van der Waals surface area contributed by atoms with E-state index in [1.54, 1.807) is 6.07 Å². The molecule has 1 nitrogen and oxygen atoms in total. The molecule has 0 N–H and O–H groups in total. The molecule has 2 aromatic rings. The maximum atomic E-state index is 15.1. The molecular weight excluding hydrogens is 407 g/mol. The number of rotatable bonds is 7. The molecule has 4 unspecified atom stereocenters. The Kier molecular flexibility index (Phi) is 7.44. The maximum Gasteiger partial charge on any atom is 0.152 e. The summed E-state index contributed by atoms with van der Waals surface area (Å²) < 4.78 is 43.1. The Balaban J connectivity index is 1.46. The highest BCUT2D eigenvalue weighted by Gasteiger charge is 2.37. The molecule has 0 spiro atoms. The topological polar surface area (TPSA) is 23.8 Å². The van der Waals surface area contributed by atoms with Gasteiger partial charge in [0.25, 0.3) is 0 Å². The van der Waals surface area contributed by atoms with Gasteiger partial charge in [0.1, 0.15) is 17.7 Å². The van der Waals surface area contributed by atoms with E-state index < -0.39 is 17.5 Å². The normalized spacial score (nSPS) is 25.5. The Bertz CT molecular complexity index is 993. The fourth-order valence-corrected chi connectivity index (χ4v) is 6.43. The van der Waals surface area contributed by atoms with Crippen molar-refractivity contribution in [2.75, 3.05) is 0 Å². The van der Waals surface area contributed by atoms with Gasteiger partial charge in [-0.15, -0.1) is 0 Å². The lowest BCUT2D eigenvalue weighted by Crippen LogP contribution is -2.30. The first-order chi connectivity index (χ1) is 15.5. The maximum absolute atomic E-state index is 15.1. The molecule has 0 aliphatic heterocycles. The molecule has 0 heterocycles. The summed E-state index contributed by atoms with van der Waals surface area (Å²) in [6, 6.07) is 5.49. The predicted molar refractivity (Wildman–Crippen MR) is 123 cm³/mol. The quantitative estimate of drug-likeness (QED) is 0.394. The van der Waals surface area contributed by atoms with Crippen LogP contribution in [-0.4, -0.2) is 0 Å². The second kappa shape index (κ2) is 10.3. The monoisotopic (exact) mass is 441 g/mol. The standard InChI is InChI=1S/C28H34F3N/c1-2-3-4-5-6-7-18-8-9-20-13-21(11-10-19(20)12-18)24-15-22-14-23(29)16-26(30)27(22)28(31)25(24)17-32/h14-16,18-21H,2-13H2,1H3. The van der Waals surface area contributed by atoms with E-state index in [0.717, 1.165) is 31.1 Å². The van der Waals surface area contributed by atoms with Crippen molar-refractivity contribution in [3.8, 4) is 6.07 Å². The molecule has 32 heavy (non-hydrogen) atoms. The van der Waals surface area contributed by atoms with Crippen LogP contribution in [0.3, 0.4) is 0 Å². The number of benzene rings is 2. The molecule has 4 rings (SSSR count). The molecule has 4 atom stereocenters. The molecule has 0 saturated heterocycles. The van der Waals surface area contributed by atoms with Gasteiger partial charge in [-0.1, -0.05) is 51.9 Å². The molecule has 2 aliphatic rings. The van der Waals surface area contributed by atoms with Gasteiger partial charge < -0.3 is 0 Å². The largest absolute Gasteiger partial charge is 0.207 e. The Morgan fingerprint density at radius 3 is 2.44 bits per heavy atom. The summed E-state index contributed by atoms with van der Waals surface area (Å²) in [5.74, 6) is -0.244. The van der Waals surface area contributed by atoms with E-state index >= 15 is 4.39 Å². The minimum Gasteiger partial charge on any atom is -0.207 e. The number of nitriles is 1. The highest BCUT2D eigenvalue weighted by Crippen LogP contribution is 2.49. The summed E-state index contributed by atoms with van der Waals surface area (Å²) >= 11 is 0. The van der Waals surface area contributed by atoms with Crippen molar-refractivity contribution in [2.45, 2.75) is 89.9 Å². The number of hydrogen-bond donors (Lipinski definition) is 0. The lowest BCUT2D eigenvalue weighted by atomic mass is 9.63. The van der Waals surface area contributed by atoms with Gasteiger partial charge in [-0.05, 0) is 78.9 Å². The van der Waals surface area contributed by atoms with Gasteiger partial charge in [-0.25, -0.2) is 13.2 Å². The summed E-state index contributed by atoms with van der Waals surface area (Å²) in [7, 11) is 0. The number of nitrogens with zero attached hydrogens (tertiary/aromatic N) is 1. The Morgan fingerprint density at radius 1 is 0.906 bits per heavy atom. The molecule has 0 radical (unpaired) electrons. The molecule has 2 aromatic carbocycles. The van der Waals surface area contributed by atoms with Crippen LogP contribution >= 0.6 is 0 Å². The average molecular weight is 442 g/mol. The zero-order valence-electron chi connectivity index (χ0n) is 19.1. The summed E-state index contributed by atoms with van der Waals surface area (Å²) in [5.41, 5.74) is 0.575. The minimum absolute atomic E-state index is 0.0628. The third-order valence-corrected chi connectivity index (χ3v) is 8.11. The first-order valence-corrected chi connectivity index (χ1v) is 12.5. The highest BCUT2D eigenvalue weighted by molar-refractivity contribution is 5.86. The molecule has 0 aromatic heterocycles. The van der Waals surface area contributed by atoms with Crippen LogP contribution in [0.5, 0.6) is 0 Å². The molecule has 2 saturated carbocycles. The van der Waals surface area contributed by atoms with Crippen LogP contribution in [0, 0.1) is 46.5 Å². The zero-order valence-corrected chi connectivity index (χ0v) is 19.1. The van der Waals surface area contributed by atoms with E-state index in [9.17, 15) is 14.0 Å². The molecule has 2 fully saturated rings. The van der Waals surface area contributed by atoms with Crippen LogP contribution in [0.15, 0.2) is 18.2 Å². The van der Waals surface area contributed by atoms with E-state index in [1.807, 2.05) is 6.07 Å². The summed E-state index contributed by atoms with van der Waals surface area (Å²) in [4.78, 5) is 0. The number of fused-ring (bicyclic) bond motifs is 2. The van der Waals surface area contributed by atoms with Crippen LogP contribution in [-0.2, 0) is 0 Å². The van der Waals surface area contributed by atoms with Gasteiger partial charge in [0.2, 0.25) is 0 Å². The third-order valence-electron chi connectivity index (χ3n) is 8.11. The van der Waals surface area contributed by atoms with E-state index in [2.05, 4.69) is 6.92 Å². The zero-order chi connectivity index (χ0) is 22.7. The van der Waals surface area contributed by atoms with Crippen molar-refractivity contribution < 1.29 is 13.2 Å². The lowest BCUT2D eigenvalue weighted by molar-refractivity contribution is 0.113. The Hall–Kier alpha value is -2.02. The molecule has 172 valence electrons. The summed E-state index contributed by atoms with van der Waals surface area (Å²) in [6.45, 7) is 2.25. The molecule has 2 aliphatic carbocycles. The van der Waals surface area contributed by atoms with E-state index in [-0.39, 0.29) is 22.3 Å². The van der Waals surface area contributed by atoms with Crippen molar-refractivity contribution >= 4 is 10.8 Å². The average Bonchev–Trinajstić information content (AvgIpc) is 2.77. The first-order valence-electron chi connectivity index (χ1n) is 12.5. The smallest absolute Gasteiger partial charge is 0.152 e. The van der Waals surface area contributed by atoms with Crippen molar-refractivity contribution in [1.29, 1.82) is 5.26 Å². The van der Waals surface area contributed by atoms with Crippen molar-refractivity contribution in [1.82, 2.24) is 0 Å². The second-order valence-electron chi connectivity index (χ2n) is 10.2. The van der Waals surface area contributed by atoms with Crippen LogP contribution in [0.2, 0.25) is 0 Å². The SMILES string of the molecule is CCCCCCCC1CCC2CC(c3cc4cc(F)cc(F)c4c(F)c3C#N)CCC2C1. The van der Waals surface area contributed by atoms with Crippen molar-refractivity contribution in [3.63, 3.8) is 0 Å². The fourth-order valence-electron chi connectivity index (χ4n) is 6.43. The van der Waals surface area contributed by atoms with E-state index in [1.165, 1.54) is 63.9 Å². The van der Waals surface area contributed by atoms with E-state index in [0.29, 0.717) is 17.5 Å². The third kappa shape index (κ3) is 4.82. The van der Waals surface area contributed by atoms with Gasteiger partial charge in [0.15, 0.2) is 5.82 Å². The van der Waals surface area contributed by atoms with Gasteiger partial charge >= 0.3 is 0 Å². The van der Waals surface area contributed by atoms with Crippen LogP contribution in [0.25, 0.3) is 10.8 Å². The van der Waals surface area contributed by atoms with Crippen LogP contribution in [0.1, 0.15) is 101 Å². The Morgan fingerprint density at radius 2 is 1.66 bits per heavy atom. The minimum atomic E-state index is -0.947. The van der Waals surface area contributed by atoms with Crippen LogP contribution < -0.4 is 0 Å². The van der Waals surface area contributed by atoms with Gasteiger partial charge in [-0.2, -0.15) is 5.26 Å². The molecular formula is C28H34F3N. The first kappa shape index (κ1) is 23.1. The van der Waals surface area contributed by atoms with Gasteiger partial charge in [0, 0.05) is 6.07 Å². The predicted octanol–water partition coefficient (Wildman–Crippen LogP) is 8.79. The molecule has 4 heteroatoms. The Labute approximate surface area is 190 Å². The number of halogens is 3. The van der Waals surface area contributed by atoms with Crippen molar-refractivity contribution in [2.24, 2.45) is 17.8 Å². The lowest BCUT2D eigenvalue weighted by Gasteiger charge is -2.42. The van der Waals surface area contributed by atoms with Gasteiger partial charge in [-0.3, -0.25) is 0 Å². The van der Waals surface area contributed by atoms with E-state index in [4.69, 9.17) is 0 Å². The van der Waals surface area contributed by atoms with Gasteiger partial charge in [0.05, 0.1) is 10.9 Å². The fraction of sp³-hybridized carbons (Fsp3) is 0.607. The number of unbranched alkanes of at least 4 members (excludes halogenated alkanes) is 4. The summed E-state index contributed by atoms with van der Waals surface area (Å²) in [5, 5.41) is 9.58. The summed E-state index contributed by atoms with van der Waals surface area (Å²) in [6.07, 6.45) is 14.8. The molecule has 0 amide bonds. The van der Waals surface area contributed by atoms with Crippen molar-refractivity contribution in [3.05, 3.63) is 46.8 Å².